The van der Waals surface area contributed by atoms with Crippen LogP contribution in [0.3, 0.4) is 0 Å². The summed E-state index contributed by atoms with van der Waals surface area (Å²) in [5, 5.41) is 6.80. The first-order valence-electron chi connectivity index (χ1n) is 8.50. The van der Waals surface area contributed by atoms with Gasteiger partial charge in [0.1, 0.15) is 5.75 Å². The van der Waals surface area contributed by atoms with Gasteiger partial charge in [-0.05, 0) is 64.0 Å². The molecule has 2 amide bonds. The van der Waals surface area contributed by atoms with E-state index in [0.29, 0.717) is 10.8 Å². The van der Waals surface area contributed by atoms with Crippen LogP contribution in [0.4, 0.5) is 0 Å². The van der Waals surface area contributed by atoms with Crippen molar-refractivity contribution in [1.82, 2.24) is 15.5 Å². The van der Waals surface area contributed by atoms with Crippen molar-refractivity contribution < 1.29 is 14.3 Å². The summed E-state index contributed by atoms with van der Waals surface area (Å²) in [5.41, 5.74) is -0.829. The third-order valence-electron chi connectivity index (χ3n) is 5.79. The number of amides is 2. The Morgan fingerprint density at radius 3 is 2.28 bits per heavy atom. The zero-order valence-electron chi connectivity index (χ0n) is 14.4. The molecule has 134 valence electrons. The predicted octanol–water partition coefficient (Wildman–Crippen LogP) is 1.33. The van der Waals surface area contributed by atoms with Gasteiger partial charge in [0.25, 0.3) is 5.91 Å². The highest BCUT2D eigenvalue weighted by atomic mass is 35.5. The van der Waals surface area contributed by atoms with Crippen molar-refractivity contribution in [3.8, 4) is 5.75 Å². The SMILES string of the molecule is CN(C)C1(C(=O)NC23CC2(NC(=O)COc2ccc(Cl)cc2)C3)CC1. The van der Waals surface area contributed by atoms with Gasteiger partial charge in [-0.2, -0.15) is 0 Å². The first-order chi connectivity index (χ1) is 11.8. The molecule has 4 rings (SSSR count). The second kappa shape index (κ2) is 5.35. The van der Waals surface area contributed by atoms with Crippen molar-refractivity contribution in [1.29, 1.82) is 0 Å². The highest BCUT2D eigenvalue weighted by molar-refractivity contribution is 6.30. The summed E-state index contributed by atoms with van der Waals surface area (Å²) in [6.07, 6.45) is 3.41. The smallest absolute Gasteiger partial charge is 0.258 e. The molecule has 3 aliphatic carbocycles. The lowest BCUT2D eigenvalue weighted by Gasteiger charge is -2.23. The monoisotopic (exact) mass is 363 g/mol. The van der Waals surface area contributed by atoms with Crippen LogP contribution in [0.25, 0.3) is 0 Å². The minimum atomic E-state index is -0.340. The zero-order chi connectivity index (χ0) is 17.9. The summed E-state index contributed by atoms with van der Waals surface area (Å²) in [6, 6.07) is 6.88. The molecular weight excluding hydrogens is 342 g/mol. The summed E-state index contributed by atoms with van der Waals surface area (Å²) in [7, 11) is 3.88. The van der Waals surface area contributed by atoms with Gasteiger partial charge in [-0.25, -0.2) is 0 Å². The maximum absolute atomic E-state index is 12.5. The molecule has 0 aromatic heterocycles. The first-order valence-corrected chi connectivity index (χ1v) is 8.88. The number of rotatable bonds is 7. The molecule has 3 saturated carbocycles. The summed E-state index contributed by atoms with van der Waals surface area (Å²) in [6.45, 7) is -0.0466. The van der Waals surface area contributed by atoms with E-state index in [-0.39, 0.29) is 35.0 Å². The van der Waals surface area contributed by atoms with Gasteiger partial charge in [0.15, 0.2) is 6.61 Å². The van der Waals surface area contributed by atoms with E-state index in [4.69, 9.17) is 16.3 Å². The third kappa shape index (κ3) is 2.77. The number of fused-ring (bicyclic) bond motifs is 1. The van der Waals surface area contributed by atoms with Gasteiger partial charge in [-0.1, -0.05) is 11.6 Å². The summed E-state index contributed by atoms with van der Waals surface area (Å²) in [4.78, 5) is 26.6. The van der Waals surface area contributed by atoms with Crippen LogP contribution in [0.5, 0.6) is 5.75 Å². The average molecular weight is 364 g/mol. The molecule has 0 atom stereocenters. The molecule has 1 aromatic rings. The Balaban J connectivity index is 1.26. The normalized spacial score (nSPS) is 30.2. The quantitative estimate of drug-likeness (QED) is 0.766. The molecule has 0 heterocycles. The lowest BCUT2D eigenvalue weighted by Crippen LogP contribution is -2.48. The fourth-order valence-corrected chi connectivity index (χ4v) is 3.74. The van der Waals surface area contributed by atoms with E-state index in [1.54, 1.807) is 24.3 Å². The highest BCUT2D eigenvalue weighted by Crippen LogP contribution is 2.70. The maximum Gasteiger partial charge on any atom is 0.258 e. The van der Waals surface area contributed by atoms with Gasteiger partial charge in [0.05, 0.1) is 16.6 Å². The van der Waals surface area contributed by atoms with Crippen LogP contribution in [0.15, 0.2) is 24.3 Å². The first kappa shape index (κ1) is 16.7. The van der Waals surface area contributed by atoms with E-state index < -0.39 is 0 Å². The molecule has 0 bridgehead atoms. The van der Waals surface area contributed by atoms with Crippen molar-refractivity contribution in [2.75, 3.05) is 20.7 Å². The minimum absolute atomic E-state index is 0.0466. The Morgan fingerprint density at radius 1 is 1.12 bits per heavy atom. The Hall–Kier alpha value is -1.79. The van der Waals surface area contributed by atoms with E-state index in [1.807, 2.05) is 19.0 Å². The van der Waals surface area contributed by atoms with Crippen molar-refractivity contribution in [3.05, 3.63) is 29.3 Å². The molecule has 6 nitrogen and oxygen atoms in total. The largest absolute Gasteiger partial charge is 0.484 e. The Labute approximate surface area is 151 Å². The van der Waals surface area contributed by atoms with Gasteiger partial charge >= 0.3 is 0 Å². The second-order valence-corrected chi connectivity index (χ2v) is 8.13. The van der Waals surface area contributed by atoms with Gasteiger partial charge in [-0.3, -0.25) is 14.5 Å². The minimum Gasteiger partial charge on any atom is -0.484 e. The fraction of sp³-hybridized carbons (Fsp3) is 0.556. The number of nitrogens with one attached hydrogen (secondary N) is 2. The molecule has 0 unspecified atom stereocenters. The molecular formula is C18H22ClN3O3. The van der Waals surface area contributed by atoms with Crippen molar-refractivity contribution in [2.45, 2.75) is 42.3 Å². The van der Waals surface area contributed by atoms with Crippen LogP contribution in [-0.2, 0) is 9.59 Å². The van der Waals surface area contributed by atoms with E-state index in [1.165, 1.54) is 0 Å². The number of carbonyl (C=O) groups excluding carboxylic acids is 2. The molecule has 3 aliphatic rings. The van der Waals surface area contributed by atoms with E-state index in [0.717, 1.165) is 25.7 Å². The van der Waals surface area contributed by atoms with Crippen LogP contribution in [-0.4, -0.2) is 54.0 Å². The number of hydrogen-bond donors (Lipinski definition) is 2. The lowest BCUT2D eigenvalue weighted by atomic mass is 10.2. The Bertz CT molecular complexity index is 722. The van der Waals surface area contributed by atoms with E-state index in [2.05, 4.69) is 10.6 Å². The number of halogens is 1. The summed E-state index contributed by atoms with van der Waals surface area (Å²) < 4.78 is 5.46. The van der Waals surface area contributed by atoms with E-state index >= 15 is 0 Å². The fourth-order valence-electron chi connectivity index (χ4n) is 3.62. The zero-order valence-corrected chi connectivity index (χ0v) is 15.2. The van der Waals surface area contributed by atoms with E-state index in [9.17, 15) is 9.59 Å². The molecule has 0 spiro atoms. The van der Waals surface area contributed by atoms with Gasteiger partial charge in [0.2, 0.25) is 5.91 Å². The number of likely N-dealkylation sites (N-methyl/N-ethyl adjacent to an activating group) is 1. The van der Waals surface area contributed by atoms with Crippen LogP contribution in [0.1, 0.15) is 25.7 Å². The highest BCUT2D eigenvalue weighted by Gasteiger charge is 2.85. The van der Waals surface area contributed by atoms with Gasteiger partial charge < -0.3 is 15.4 Å². The molecule has 0 saturated heterocycles. The van der Waals surface area contributed by atoms with Crippen LogP contribution >= 0.6 is 11.6 Å². The molecule has 0 radical (unpaired) electrons. The van der Waals surface area contributed by atoms with Crippen LogP contribution in [0.2, 0.25) is 5.02 Å². The molecule has 2 N–H and O–H groups in total. The molecule has 1 aromatic carbocycles. The lowest BCUT2D eigenvalue weighted by molar-refractivity contribution is -0.127. The summed E-state index contributed by atoms with van der Waals surface area (Å²) in [5.74, 6) is 0.519. The summed E-state index contributed by atoms with van der Waals surface area (Å²) >= 11 is 5.82. The van der Waals surface area contributed by atoms with Gasteiger partial charge in [-0.15, -0.1) is 0 Å². The third-order valence-corrected chi connectivity index (χ3v) is 6.04. The second-order valence-electron chi connectivity index (χ2n) is 7.69. The topological polar surface area (TPSA) is 70.7 Å². The van der Waals surface area contributed by atoms with Crippen LogP contribution < -0.4 is 15.4 Å². The molecule has 3 fully saturated rings. The van der Waals surface area contributed by atoms with Crippen molar-refractivity contribution in [2.24, 2.45) is 0 Å². The maximum atomic E-state index is 12.5. The number of nitrogens with zero attached hydrogens (tertiary/aromatic N) is 1. The average Bonchev–Trinajstić information content (AvgIpc) is 3.43. The van der Waals surface area contributed by atoms with Gasteiger partial charge in [0, 0.05) is 5.02 Å². The molecule has 25 heavy (non-hydrogen) atoms. The Kier molecular flexibility index (Phi) is 3.57. The number of ether oxygens (including phenoxy) is 1. The number of hydrogen-bond acceptors (Lipinski definition) is 4. The van der Waals surface area contributed by atoms with Crippen LogP contribution in [0, 0.1) is 0 Å². The Morgan fingerprint density at radius 2 is 1.72 bits per heavy atom. The van der Waals surface area contributed by atoms with Crippen molar-refractivity contribution >= 4 is 23.4 Å². The number of carbonyl (C=O) groups is 2. The van der Waals surface area contributed by atoms with Crippen molar-refractivity contribution in [3.63, 3.8) is 0 Å². The molecule has 0 aliphatic heterocycles. The predicted molar refractivity (Wildman–Crippen MR) is 93.6 cm³/mol. The molecule has 7 heteroatoms. The number of benzene rings is 1. The standard InChI is InChI=1S/C18H22ClN3O3/c1-22(2)16(7-8-16)15(24)21-18-10-17(18,11-18)20-14(23)9-25-13-5-3-12(19)4-6-13/h3-6H,7-11H2,1-2H3,(H,20,23)(H,21,24).